The van der Waals surface area contributed by atoms with Crippen LogP contribution >= 0.6 is 23.2 Å². The molecule has 0 unspecified atom stereocenters. The minimum atomic E-state index is -0.669. The molecule has 1 aliphatic rings. The molecule has 32 heavy (non-hydrogen) atoms. The van der Waals surface area contributed by atoms with Crippen LogP contribution in [-0.2, 0) is 16.1 Å². The second-order valence-electron chi connectivity index (χ2n) is 8.48. The van der Waals surface area contributed by atoms with E-state index >= 15 is 0 Å². The molecule has 2 aromatic rings. The van der Waals surface area contributed by atoms with Crippen LogP contribution < -0.4 is 10.1 Å². The van der Waals surface area contributed by atoms with Crippen LogP contribution in [0.1, 0.15) is 49.3 Å². The molecule has 0 heterocycles. The largest absolute Gasteiger partial charge is 0.483 e. The molecule has 1 fully saturated rings. The van der Waals surface area contributed by atoms with Gasteiger partial charge in [0.2, 0.25) is 5.91 Å². The van der Waals surface area contributed by atoms with E-state index in [1.165, 1.54) is 4.90 Å². The van der Waals surface area contributed by atoms with Crippen molar-refractivity contribution in [1.82, 2.24) is 10.2 Å². The first kappa shape index (κ1) is 24.4. The molecule has 1 aliphatic carbocycles. The predicted molar refractivity (Wildman–Crippen MR) is 128 cm³/mol. The first-order valence-electron chi connectivity index (χ1n) is 11.0. The highest BCUT2D eigenvalue weighted by Crippen LogP contribution is 2.24. The number of carbonyl (C=O) groups is 2. The summed E-state index contributed by atoms with van der Waals surface area (Å²) in [7, 11) is 0. The highest BCUT2D eigenvalue weighted by atomic mass is 35.5. The van der Waals surface area contributed by atoms with Gasteiger partial charge in [-0.15, -0.1) is 0 Å². The Hall–Kier alpha value is -2.24. The zero-order valence-electron chi connectivity index (χ0n) is 18.8. The van der Waals surface area contributed by atoms with Crippen molar-refractivity contribution in [3.8, 4) is 5.75 Å². The van der Waals surface area contributed by atoms with Crippen LogP contribution in [0.3, 0.4) is 0 Å². The Balaban J connectivity index is 1.77. The van der Waals surface area contributed by atoms with Crippen molar-refractivity contribution >= 4 is 35.0 Å². The molecule has 2 aromatic carbocycles. The molecule has 3 rings (SSSR count). The number of halogens is 2. The van der Waals surface area contributed by atoms with E-state index in [0.29, 0.717) is 15.8 Å². The Morgan fingerprint density at radius 1 is 1.12 bits per heavy atom. The summed E-state index contributed by atoms with van der Waals surface area (Å²) in [4.78, 5) is 27.7. The Labute approximate surface area is 200 Å². The zero-order chi connectivity index (χ0) is 23.3. The monoisotopic (exact) mass is 476 g/mol. The molecule has 7 heteroatoms. The van der Waals surface area contributed by atoms with Crippen LogP contribution in [-0.4, -0.2) is 35.4 Å². The summed E-state index contributed by atoms with van der Waals surface area (Å²) >= 11 is 12.4. The molecule has 0 saturated heterocycles. The fourth-order valence-corrected chi connectivity index (χ4v) is 4.36. The van der Waals surface area contributed by atoms with E-state index in [4.69, 9.17) is 27.9 Å². The van der Waals surface area contributed by atoms with Crippen LogP contribution in [0.2, 0.25) is 10.0 Å². The third-order valence-corrected chi connectivity index (χ3v) is 6.51. The van der Waals surface area contributed by atoms with Crippen LogP contribution in [0.5, 0.6) is 5.75 Å². The molecule has 5 nitrogen and oxygen atoms in total. The molecule has 1 saturated carbocycles. The smallest absolute Gasteiger partial charge is 0.261 e. The number of carbonyl (C=O) groups excluding carboxylic acids is 2. The standard InChI is InChI=1S/C25H30Cl2N2O3/c1-16-8-9-17(2)23(12-16)32-15-24(30)29(14-19-10-11-20(26)13-22(19)27)18(3)25(31)28-21-6-4-5-7-21/h8-13,18,21H,4-7,14-15H2,1-3H3,(H,28,31)/t18-/m0/s1. The zero-order valence-corrected chi connectivity index (χ0v) is 20.3. The number of nitrogens with zero attached hydrogens (tertiary/aromatic N) is 1. The highest BCUT2D eigenvalue weighted by molar-refractivity contribution is 6.35. The Kier molecular flexibility index (Phi) is 8.44. The van der Waals surface area contributed by atoms with E-state index in [-0.39, 0.29) is 31.0 Å². The minimum absolute atomic E-state index is 0.165. The van der Waals surface area contributed by atoms with Crippen LogP contribution in [0.25, 0.3) is 0 Å². The summed E-state index contributed by atoms with van der Waals surface area (Å²) in [6, 6.07) is 10.5. The summed E-state index contributed by atoms with van der Waals surface area (Å²) in [6.45, 7) is 5.66. The van der Waals surface area contributed by atoms with E-state index < -0.39 is 6.04 Å². The number of amides is 2. The van der Waals surface area contributed by atoms with Gasteiger partial charge in [0, 0.05) is 22.6 Å². The van der Waals surface area contributed by atoms with Gasteiger partial charge in [-0.3, -0.25) is 9.59 Å². The predicted octanol–water partition coefficient (Wildman–Crippen LogP) is 5.47. The third kappa shape index (κ3) is 6.39. The lowest BCUT2D eigenvalue weighted by molar-refractivity contribution is -0.142. The molecule has 172 valence electrons. The Bertz CT molecular complexity index is 974. The fraction of sp³-hybridized carbons (Fsp3) is 0.440. The molecule has 2 amide bonds. The van der Waals surface area contributed by atoms with Gasteiger partial charge >= 0.3 is 0 Å². The molecule has 0 radical (unpaired) electrons. The minimum Gasteiger partial charge on any atom is -0.483 e. The molecule has 0 aliphatic heterocycles. The van der Waals surface area contributed by atoms with Crippen LogP contribution in [0.15, 0.2) is 36.4 Å². The van der Waals surface area contributed by atoms with Gasteiger partial charge in [-0.2, -0.15) is 0 Å². The Morgan fingerprint density at radius 3 is 2.53 bits per heavy atom. The SMILES string of the molecule is Cc1ccc(C)c(OCC(=O)N(Cc2ccc(Cl)cc2Cl)[C@@H](C)C(=O)NC2CCCC2)c1. The topological polar surface area (TPSA) is 58.6 Å². The summed E-state index contributed by atoms with van der Waals surface area (Å²) in [6.07, 6.45) is 4.19. The second-order valence-corrected chi connectivity index (χ2v) is 9.32. The van der Waals surface area contributed by atoms with E-state index in [2.05, 4.69) is 5.32 Å². The molecular formula is C25H30Cl2N2O3. The lowest BCUT2D eigenvalue weighted by Crippen LogP contribution is -2.50. The van der Waals surface area contributed by atoms with Gasteiger partial charge in [0.25, 0.3) is 5.91 Å². The summed E-state index contributed by atoms with van der Waals surface area (Å²) in [5, 5.41) is 4.05. The van der Waals surface area contributed by atoms with E-state index in [1.54, 1.807) is 25.1 Å². The summed E-state index contributed by atoms with van der Waals surface area (Å²) in [5.74, 6) is 0.207. The van der Waals surface area contributed by atoms with E-state index in [0.717, 1.165) is 42.4 Å². The van der Waals surface area contributed by atoms with Crippen molar-refractivity contribution in [2.24, 2.45) is 0 Å². The van der Waals surface area contributed by atoms with Gasteiger partial charge in [-0.1, -0.05) is 54.2 Å². The first-order valence-corrected chi connectivity index (χ1v) is 11.7. The fourth-order valence-electron chi connectivity index (χ4n) is 3.89. The molecule has 1 atom stereocenters. The Morgan fingerprint density at radius 2 is 1.84 bits per heavy atom. The van der Waals surface area contributed by atoms with Crippen molar-refractivity contribution in [2.75, 3.05) is 6.61 Å². The number of ether oxygens (including phenoxy) is 1. The average Bonchev–Trinajstić information content (AvgIpc) is 3.26. The maximum atomic E-state index is 13.2. The summed E-state index contributed by atoms with van der Waals surface area (Å²) in [5.41, 5.74) is 2.71. The first-order chi connectivity index (χ1) is 15.2. The average molecular weight is 477 g/mol. The van der Waals surface area contributed by atoms with Gasteiger partial charge in [-0.25, -0.2) is 0 Å². The molecule has 1 N–H and O–H groups in total. The normalized spacial score (nSPS) is 14.8. The van der Waals surface area contributed by atoms with E-state index in [9.17, 15) is 9.59 Å². The number of hydrogen-bond donors (Lipinski definition) is 1. The quantitative estimate of drug-likeness (QED) is 0.549. The van der Waals surface area contributed by atoms with Crippen molar-refractivity contribution in [3.63, 3.8) is 0 Å². The van der Waals surface area contributed by atoms with E-state index in [1.807, 2.05) is 32.0 Å². The lowest BCUT2D eigenvalue weighted by atomic mass is 10.1. The molecule has 0 spiro atoms. The number of rotatable bonds is 8. The maximum Gasteiger partial charge on any atom is 0.261 e. The maximum absolute atomic E-state index is 13.2. The highest BCUT2D eigenvalue weighted by Gasteiger charge is 2.29. The van der Waals surface area contributed by atoms with Crippen molar-refractivity contribution in [2.45, 2.75) is 65.1 Å². The van der Waals surface area contributed by atoms with Crippen LogP contribution in [0.4, 0.5) is 0 Å². The van der Waals surface area contributed by atoms with Crippen molar-refractivity contribution < 1.29 is 14.3 Å². The number of benzene rings is 2. The number of nitrogens with one attached hydrogen (secondary N) is 1. The summed E-state index contributed by atoms with van der Waals surface area (Å²) < 4.78 is 5.83. The lowest BCUT2D eigenvalue weighted by Gasteiger charge is -2.30. The van der Waals surface area contributed by atoms with Gasteiger partial charge in [0.05, 0.1) is 0 Å². The van der Waals surface area contributed by atoms with Gasteiger partial charge in [-0.05, 0) is 68.5 Å². The van der Waals surface area contributed by atoms with Gasteiger partial charge < -0.3 is 15.0 Å². The number of hydrogen-bond acceptors (Lipinski definition) is 3. The van der Waals surface area contributed by atoms with Crippen LogP contribution in [0, 0.1) is 13.8 Å². The molecular weight excluding hydrogens is 447 g/mol. The molecule has 0 aromatic heterocycles. The van der Waals surface area contributed by atoms with Crippen molar-refractivity contribution in [1.29, 1.82) is 0 Å². The molecule has 0 bridgehead atoms. The third-order valence-electron chi connectivity index (χ3n) is 5.92. The second kappa shape index (κ2) is 11.1. The van der Waals surface area contributed by atoms with Crippen molar-refractivity contribution in [3.05, 3.63) is 63.1 Å². The van der Waals surface area contributed by atoms with Gasteiger partial charge in [0.1, 0.15) is 11.8 Å². The van der Waals surface area contributed by atoms with Gasteiger partial charge in [0.15, 0.2) is 6.61 Å². The number of aryl methyl sites for hydroxylation is 2.